The topological polar surface area (TPSA) is 20.2 Å². The van der Waals surface area contributed by atoms with Gasteiger partial charge in [0, 0.05) is 0 Å². The van der Waals surface area contributed by atoms with E-state index < -0.39 is 0 Å². The van der Waals surface area contributed by atoms with Crippen LogP contribution < -0.4 is 0 Å². The van der Waals surface area contributed by atoms with E-state index in [0.29, 0.717) is 0 Å². The third-order valence-corrected chi connectivity index (χ3v) is 2.16. The van der Waals surface area contributed by atoms with E-state index in [0.717, 1.165) is 19.3 Å². The molecule has 1 fully saturated rings. The van der Waals surface area contributed by atoms with Gasteiger partial charge in [0.25, 0.3) is 0 Å². The fraction of sp³-hybridized carbons (Fsp3) is 1.00. The summed E-state index contributed by atoms with van der Waals surface area (Å²) in [7, 11) is 0. The first kappa shape index (κ1) is 10.2. The molecule has 1 saturated carbocycles. The van der Waals surface area contributed by atoms with Gasteiger partial charge in [-0.1, -0.05) is 26.7 Å². The van der Waals surface area contributed by atoms with E-state index in [1.165, 1.54) is 6.42 Å². The van der Waals surface area contributed by atoms with Gasteiger partial charge in [-0.3, -0.25) is 0 Å². The van der Waals surface area contributed by atoms with Crippen LogP contribution in [0, 0.1) is 0 Å². The van der Waals surface area contributed by atoms with Crippen molar-refractivity contribution in [3.63, 3.8) is 0 Å². The first-order valence-corrected chi connectivity index (χ1v) is 4.56. The molecule has 62 valence electrons. The largest absolute Gasteiger partial charge is 0.392 e. The zero-order valence-corrected chi connectivity index (χ0v) is 7.56. The number of halogens is 1. The van der Waals surface area contributed by atoms with Crippen molar-refractivity contribution in [3.8, 4) is 0 Å². The maximum absolute atomic E-state index is 9.05. The molecule has 1 rings (SSSR count). The van der Waals surface area contributed by atoms with E-state index in [-0.39, 0.29) is 11.5 Å². The summed E-state index contributed by atoms with van der Waals surface area (Å²) >= 11 is 5.72. The lowest BCUT2D eigenvalue weighted by molar-refractivity contribution is 0.134. The van der Waals surface area contributed by atoms with Crippen LogP contribution in [0.15, 0.2) is 0 Å². The summed E-state index contributed by atoms with van der Waals surface area (Å²) in [5.74, 6) is 0. The molecule has 0 aromatic carbocycles. The monoisotopic (exact) mass is 164 g/mol. The van der Waals surface area contributed by atoms with E-state index >= 15 is 0 Å². The maximum Gasteiger partial charge on any atom is 0.0703 e. The zero-order valence-electron chi connectivity index (χ0n) is 6.81. The Balaban J connectivity index is 0.000000371. The van der Waals surface area contributed by atoms with Crippen molar-refractivity contribution in [2.45, 2.75) is 51.0 Å². The Hall–Kier alpha value is 0.250. The minimum Gasteiger partial charge on any atom is -0.392 e. The molecule has 10 heavy (non-hydrogen) atoms. The predicted molar refractivity (Wildman–Crippen MR) is 45.5 cm³/mol. The molecule has 0 spiro atoms. The second kappa shape index (κ2) is 5.99. The van der Waals surface area contributed by atoms with E-state index in [9.17, 15) is 0 Å². The van der Waals surface area contributed by atoms with Gasteiger partial charge in [-0.25, -0.2) is 0 Å². The summed E-state index contributed by atoms with van der Waals surface area (Å²) < 4.78 is 0. The first-order chi connectivity index (χ1) is 4.80. The van der Waals surface area contributed by atoms with Crippen LogP contribution in [0.2, 0.25) is 0 Å². The average Bonchev–Trinajstić information content (AvgIpc) is 2.00. The SMILES string of the molecule is CC.OC1CCCCC1Cl. The van der Waals surface area contributed by atoms with Gasteiger partial charge in [-0.05, 0) is 12.8 Å². The van der Waals surface area contributed by atoms with Crippen LogP contribution in [-0.4, -0.2) is 16.6 Å². The van der Waals surface area contributed by atoms with Crippen molar-refractivity contribution in [3.05, 3.63) is 0 Å². The highest BCUT2D eigenvalue weighted by Crippen LogP contribution is 2.22. The Kier molecular flexibility index (Phi) is 6.14. The van der Waals surface area contributed by atoms with Gasteiger partial charge in [0.2, 0.25) is 0 Å². The summed E-state index contributed by atoms with van der Waals surface area (Å²) in [5.41, 5.74) is 0. The number of aliphatic hydroxyl groups is 1. The summed E-state index contributed by atoms with van der Waals surface area (Å²) in [6.45, 7) is 4.00. The molecule has 2 unspecified atom stereocenters. The van der Waals surface area contributed by atoms with Crippen LogP contribution in [0.25, 0.3) is 0 Å². The molecular weight excluding hydrogens is 148 g/mol. The highest BCUT2D eigenvalue weighted by molar-refractivity contribution is 6.21. The van der Waals surface area contributed by atoms with Crippen LogP contribution in [0.5, 0.6) is 0 Å². The lowest BCUT2D eigenvalue weighted by Crippen LogP contribution is -2.24. The molecule has 0 bridgehead atoms. The van der Waals surface area contributed by atoms with Gasteiger partial charge in [0.15, 0.2) is 0 Å². The van der Waals surface area contributed by atoms with Crippen molar-refractivity contribution in [1.82, 2.24) is 0 Å². The van der Waals surface area contributed by atoms with E-state index in [4.69, 9.17) is 16.7 Å². The Morgan fingerprint density at radius 2 is 1.70 bits per heavy atom. The molecule has 1 aliphatic rings. The minimum absolute atomic E-state index is 0.0312. The average molecular weight is 165 g/mol. The molecule has 1 N–H and O–H groups in total. The zero-order chi connectivity index (χ0) is 7.98. The minimum atomic E-state index is -0.231. The fourth-order valence-corrected chi connectivity index (χ4v) is 1.35. The Morgan fingerprint density at radius 1 is 1.20 bits per heavy atom. The molecule has 0 heterocycles. The predicted octanol–water partition coefficient (Wildman–Crippen LogP) is 2.55. The Bertz CT molecular complexity index is 65.7. The molecule has 0 amide bonds. The van der Waals surface area contributed by atoms with Crippen molar-refractivity contribution in [2.24, 2.45) is 0 Å². The lowest BCUT2D eigenvalue weighted by Gasteiger charge is -2.21. The number of rotatable bonds is 0. The van der Waals surface area contributed by atoms with Crippen molar-refractivity contribution < 1.29 is 5.11 Å². The highest BCUT2D eigenvalue weighted by Gasteiger charge is 2.19. The first-order valence-electron chi connectivity index (χ1n) is 4.13. The van der Waals surface area contributed by atoms with Gasteiger partial charge >= 0.3 is 0 Å². The lowest BCUT2D eigenvalue weighted by atomic mass is 9.98. The van der Waals surface area contributed by atoms with E-state index in [1.807, 2.05) is 13.8 Å². The van der Waals surface area contributed by atoms with Crippen molar-refractivity contribution >= 4 is 11.6 Å². The molecule has 0 radical (unpaired) electrons. The molecule has 1 nitrogen and oxygen atoms in total. The van der Waals surface area contributed by atoms with Crippen LogP contribution in [-0.2, 0) is 0 Å². The molecule has 0 aliphatic heterocycles. The second-order valence-corrected chi connectivity index (χ2v) is 2.93. The van der Waals surface area contributed by atoms with Crippen LogP contribution in [0.4, 0.5) is 0 Å². The molecule has 0 aromatic rings. The molecule has 1 aliphatic carbocycles. The normalized spacial score (nSPS) is 32.4. The molecule has 0 aromatic heterocycles. The van der Waals surface area contributed by atoms with Gasteiger partial charge < -0.3 is 5.11 Å². The quantitative estimate of drug-likeness (QED) is 0.546. The molecular formula is C8H17ClO. The maximum atomic E-state index is 9.05. The second-order valence-electron chi connectivity index (χ2n) is 2.37. The van der Waals surface area contributed by atoms with Gasteiger partial charge in [0.1, 0.15) is 0 Å². The standard InChI is InChI=1S/C6H11ClO.C2H6/c7-5-3-1-2-4-6(5)8;1-2/h5-6,8H,1-4H2;1-2H3. The number of hydrogen-bond donors (Lipinski definition) is 1. The van der Waals surface area contributed by atoms with Gasteiger partial charge in [-0.2, -0.15) is 0 Å². The third kappa shape index (κ3) is 3.43. The van der Waals surface area contributed by atoms with Crippen molar-refractivity contribution in [1.29, 1.82) is 0 Å². The summed E-state index contributed by atoms with van der Waals surface area (Å²) in [6.07, 6.45) is 3.98. The summed E-state index contributed by atoms with van der Waals surface area (Å²) in [6, 6.07) is 0. The Labute approximate surface area is 68.4 Å². The van der Waals surface area contributed by atoms with E-state index in [1.54, 1.807) is 0 Å². The van der Waals surface area contributed by atoms with Crippen LogP contribution in [0.1, 0.15) is 39.5 Å². The van der Waals surface area contributed by atoms with Gasteiger partial charge in [0.05, 0.1) is 11.5 Å². The molecule has 0 saturated heterocycles. The number of hydrogen-bond acceptors (Lipinski definition) is 1. The molecule has 2 heteroatoms. The summed E-state index contributed by atoms with van der Waals surface area (Å²) in [5, 5.41) is 9.08. The number of aliphatic hydroxyl groups excluding tert-OH is 1. The number of alkyl halides is 1. The van der Waals surface area contributed by atoms with Crippen molar-refractivity contribution in [2.75, 3.05) is 0 Å². The Morgan fingerprint density at radius 3 is 2.00 bits per heavy atom. The van der Waals surface area contributed by atoms with Crippen LogP contribution in [0.3, 0.4) is 0 Å². The molecule has 2 atom stereocenters. The van der Waals surface area contributed by atoms with Crippen LogP contribution >= 0.6 is 11.6 Å². The van der Waals surface area contributed by atoms with Gasteiger partial charge in [-0.15, -0.1) is 11.6 Å². The summed E-state index contributed by atoms with van der Waals surface area (Å²) in [4.78, 5) is 0. The highest BCUT2D eigenvalue weighted by atomic mass is 35.5. The third-order valence-electron chi connectivity index (χ3n) is 1.65. The van der Waals surface area contributed by atoms with E-state index in [2.05, 4.69) is 0 Å². The fourth-order valence-electron chi connectivity index (χ4n) is 1.07. The smallest absolute Gasteiger partial charge is 0.0703 e.